The Balaban J connectivity index is 0.000000133. The minimum absolute atomic E-state index is 0. The molecule has 7 nitrogen and oxygen atoms in total. The molecule has 1 heterocycles. The predicted octanol–water partition coefficient (Wildman–Crippen LogP) is 9.42. The summed E-state index contributed by atoms with van der Waals surface area (Å²) in [5, 5.41) is 43.4. The van der Waals surface area contributed by atoms with Gasteiger partial charge in [0.2, 0.25) is 0 Å². The summed E-state index contributed by atoms with van der Waals surface area (Å²) in [6.45, 7) is 9.86. The molecule has 12 fully saturated rings. The van der Waals surface area contributed by atoms with E-state index >= 15 is 0 Å². The van der Waals surface area contributed by atoms with E-state index < -0.39 is 11.2 Å². The van der Waals surface area contributed by atoms with Crippen molar-refractivity contribution >= 4 is 73.0 Å². The SMILES string of the molecule is C[C@]12CCC(=O)C=C1[C@@H]1C[C@@H]1C1C2CC[C@@]2(C)C1[C@@H]1C[C@@H]1[C@@]21CCC(=O)O1.C[C@]12CCC3C(C1[C@@H]1C[C@@H]1[C@@]2(O)CCCO)[C@H]1C[C@H]1[C@]1(O)C[C@@H](O)CC[C@]31C.I.II. The lowest BCUT2D eigenvalue weighted by molar-refractivity contribution is -0.237. The number of hydrogen-bond donors (Lipinski definition) is 4. The fourth-order valence-corrected chi connectivity index (χ4v) is 19.9. The highest BCUT2D eigenvalue weighted by atomic mass is 128. The largest absolute Gasteiger partial charge is 0.458 e. The highest BCUT2D eigenvalue weighted by molar-refractivity contribution is 15.0. The highest BCUT2D eigenvalue weighted by Gasteiger charge is 2.83. The van der Waals surface area contributed by atoms with Crippen LogP contribution in [0.5, 0.6) is 0 Å². The molecular weight excluding hydrogens is 1070 g/mol. The molecule has 22 atom stereocenters. The van der Waals surface area contributed by atoms with Crippen LogP contribution in [0, 0.1) is 105 Å². The number of carbonyl (C=O) groups is 2. The van der Waals surface area contributed by atoms with Gasteiger partial charge in [-0.05, 0) is 189 Å². The van der Waals surface area contributed by atoms with Gasteiger partial charge in [0.25, 0.3) is 0 Å². The zero-order valence-corrected chi connectivity index (χ0v) is 41.8. The van der Waals surface area contributed by atoms with Crippen LogP contribution in [0.2, 0.25) is 0 Å². The van der Waals surface area contributed by atoms with E-state index in [-0.39, 0.29) is 69.9 Å². The Morgan fingerprint density at radius 3 is 2.09 bits per heavy atom. The molecule has 12 aliphatic carbocycles. The van der Waals surface area contributed by atoms with Crippen LogP contribution in [0.4, 0.5) is 0 Å². The minimum Gasteiger partial charge on any atom is -0.458 e. The van der Waals surface area contributed by atoms with Crippen molar-refractivity contribution in [3.05, 3.63) is 11.6 Å². The number of allylic oxidation sites excluding steroid dienone is 1. The molecule has 4 N–H and O–H groups in total. The van der Waals surface area contributed by atoms with Crippen molar-refractivity contribution in [3.8, 4) is 0 Å². The first-order valence-corrected chi connectivity index (χ1v) is 29.7. The molecule has 0 aromatic rings. The Bertz CT molecular complexity index is 1790. The van der Waals surface area contributed by atoms with Crippen molar-refractivity contribution in [1.29, 1.82) is 0 Å². The molecule has 58 heavy (non-hydrogen) atoms. The molecule has 0 bridgehead atoms. The third-order valence-electron chi connectivity index (χ3n) is 22.4. The summed E-state index contributed by atoms with van der Waals surface area (Å²) in [5.41, 5.74) is 0.468. The lowest BCUT2D eigenvalue weighted by Crippen LogP contribution is -2.65. The van der Waals surface area contributed by atoms with Crippen LogP contribution < -0.4 is 0 Å². The molecule has 11 saturated carbocycles. The van der Waals surface area contributed by atoms with Crippen LogP contribution in [0.1, 0.15) is 137 Å². The summed E-state index contributed by atoms with van der Waals surface area (Å²) in [6, 6.07) is 0. The summed E-state index contributed by atoms with van der Waals surface area (Å²) < 4.78 is 6.22. The number of aliphatic hydroxyl groups is 4. The molecule has 10 heteroatoms. The van der Waals surface area contributed by atoms with Gasteiger partial charge < -0.3 is 25.2 Å². The number of ketones is 1. The smallest absolute Gasteiger partial charge is 0.306 e. The van der Waals surface area contributed by atoms with Crippen LogP contribution >= 0.6 is 61.2 Å². The maximum absolute atomic E-state index is 12.2. The summed E-state index contributed by atoms with van der Waals surface area (Å²) in [6.07, 6.45) is 18.5. The number of aliphatic hydroxyl groups excluding tert-OH is 2. The Labute approximate surface area is 386 Å². The first-order chi connectivity index (χ1) is 27.1. The van der Waals surface area contributed by atoms with Gasteiger partial charge in [0.1, 0.15) is 5.60 Å². The van der Waals surface area contributed by atoms with Crippen LogP contribution in [-0.2, 0) is 14.3 Å². The third-order valence-corrected chi connectivity index (χ3v) is 22.4. The summed E-state index contributed by atoms with van der Waals surface area (Å²) in [4.78, 5) is 24.3. The van der Waals surface area contributed by atoms with Gasteiger partial charge in [-0.1, -0.05) is 33.3 Å². The Morgan fingerprint density at radius 2 is 1.36 bits per heavy atom. The first kappa shape index (κ1) is 42.8. The number of rotatable bonds is 3. The van der Waals surface area contributed by atoms with Crippen LogP contribution in [-0.4, -0.2) is 61.7 Å². The second-order valence-electron chi connectivity index (χ2n) is 23.7. The number of esters is 1. The zero-order chi connectivity index (χ0) is 40.0. The number of hydrogen-bond acceptors (Lipinski definition) is 7. The van der Waals surface area contributed by atoms with Gasteiger partial charge in [-0.25, -0.2) is 0 Å². The van der Waals surface area contributed by atoms with Gasteiger partial charge >= 0.3 is 5.97 Å². The maximum atomic E-state index is 12.2. The highest BCUT2D eigenvalue weighted by Crippen LogP contribution is 2.84. The van der Waals surface area contributed by atoms with Gasteiger partial charge in [0.05, 0.1) is 17.3 Å². The molecule has 0 radical (unpaired) electrons. The standard InChI is InChI=1S/C24H38O4.C24H30O3.I2.HI/c1-21-7-4-13(26)12-24(21,28)17-10-14(17)19-16(21)5-8-22(2)20(19)15-11-18(15)23(22,27)6-3-9-25;1-22-6-3-12(25)9-17(22)13-10-14(13)20-16(22)4-7-23(2)21(20)15-11-18(15)24(23)8-5-19(26)27-24;1-2;/h13-20,25-28H,3-12H2,1-2H3;9,13-16,18,20-21H,3-8,10-11H2,1-2H3;;1H/t13-,14-,15+,16?,17+,18-,19?,20?,21+,22-,23-,24+;13-,14+,15-,16?,18+,20?,21?,22-,23+,24+;;/m01../s1. The molecule has 0 amide bonds. The molecule has 13 rings (SSSR count). The number of ether oxygens (including phenoxy) is 1. The normalized spacial score (nSPS) is 60.9. The van der Waals surface area contributed by atoms with Crippen LogP contribution in [0.3, 0.4) is 0 Å². The van der Waals surface area contributed by atoms with E-state index in [9.17, 15) is 30.0 Å². The van der Waals surface area contributed by atoms with Gasteiger partial charge in [-0.3, -0.25) is 9.59 Å². The molecule has 1 saturated heterocycles. The van der Waals surface area contributed by atoms with E-state index in [2.05, 4.69) is 71.0 Å². The van der Waals surface area contributed by atoms with Crippen molar-refractivity contribution in [3.63, 3.8) is 0 Å². The lowest BCUT2D eigenvalue weighted by Gasteiger charge is -2.64. The lowest BCUT2D eigenvalue weighted by atomic mass is 9.42. The zero-order valence-electron chi connectivity index (χ0n) is 35.1. The average Bonchev–Trinajstić information content (AvgIpc) is 4.01. The fourth-order valence-electron chi connectivity index (χ4n) is 19.9. The van der Waals surface area contributed by atoms with E-state index in [0.717, 1.165) is 87.4 Å². The summed E-state index contributed by atoms with van der Waals surface area (Å²) in [5.74, 6) is 9.47. The van der Waals surface area contributed by atoms with E-state index in [0.29, 0.717) is 78.3 Å². The molecule has 1 spiro atoms. The van der Waals surface area contributed by atoms with E-state index in [1.54, 1.807) is 0 Å². The number of halogens is 3. The van der Waals surface area contributed by atoms with Crippen molar-refractivity contribution in [2.24, 2.45) is 105 Å². The molecule has 1 aliphatic heterocycles. The van der Waals surface area contributed by atoms with Crippen molar-refractivity contribution < 1.29 is 34.8 Å². The van der Waals surface area contributed by atoms with Gasteiger partial charge in [0.15, 0.2) is 5.78 Å². The molecule has 0 aromatic carbocycles. The van der Waals surface area contributed by atoms with Gasteiger partial charge in [-0.2, -0.15) is 0 Å². The van der Waals surface area contributed by atoms with Crippen LogP contribution in [0.25, 0.3) is 0 Å². The number of fused-ring (bicyclic) bond motifs is 22. The topological polar surface area (TPSA) is 124 Å². The average molecular weight is 1140 g/mol. The quantitative estimate of drug-likeness (QED) is 0.164. The number of carbonyl (C=O) groups excluding carboxylic acids is 2. The predicted molar refractivity (Wildman–Crippen MR) is 248 cm³/mol. The van der Waals surface area contributed by atoms with E-state index in [1.807, 2.05) is 0 Å². The van der Waals surface area contributed by atoms with E-state index in [1.165, 1.54) is 37.7 Å². The molecule has 6 unspecified atom stereocenters. The third kappa shape index (κ3) is 5.20. The molecule has 324 valence electrons. The Kier molecular flexibility index (Phi) is 10.1. The molecular formula is C48H69I3O7. The minimum atomic E-state index is -0.682. The summed E-state index contributed by atoms with van der Waals surface area (Å²) in [7, 11) is 0. The van der Waals surface area contributed by atoms with Crippen molar-refractivity contribution in [2.45, 2.75) is 160 Å². The van der Waals surface area contributed by atoms with Gasteiger partial charge in [0, 0.05) is 74.4 Å². The van der Waals surface area contributed by atoms with Gasteiger partial charge in [-0.15, -0.1) is 24.0 Å². The Hall–Kier alpha value is 0.910. The van der Waals surface area contributed by atoms with Crippen molar-refractivity contribution in [2.75, 3.05) is 6.61 Å². The maximum Gasteiger partial charge on any atom is 0.306 e. The monoisotopic (exact) mass is 1140 g/mol. The van der Waals surface area contributed by atoms with Crippen molar-refractivity contribution in [1.82, 2.24) is 0 Å². The van der Waals surface area contributed by atoms with E-state index in [4.69, 9.17) is 4.74 Å². The summed E-state index contributed by atoms with van der Waals surface area (Å²) >= 11 is 4.24. The second-order valence-corrected chi connectivity index (χ2v) is 23.7. The second kappa shape index (κ2) is 13.7. The van der Waals surface area contributed by atoms with Crippen LogP contribution in [0.15, 0.2) is 11.6 Å². The first-order valence-electron chi connectivity index (χ1n) is 23.4. The molecule has 13 aliphatic rings. The molecule has 0 aromatic heterocycles. The fraction of sp³-hybridized carbons (Fsp3) is 0.917. The Morgan fingerprint density at radius 1 is 0.724 bits per heavy atom.